The van der Waals surface area contributed by atoms with Crippen LogP contribution in [-0.4, -0.2) is 39.8 Å². The number of piperidine rings is 1. The second kappa shape index (κ2) is 3.99. The highest BCUT2D eigenvalue weighted by Gasteiger charge is 2.65. The molecule has 6 nitrogen and oxygen atoms in total. The summed E-state index contributed by atoms with van der Waals surface area (Å²) in [7, 11) is 0. The third-order valence-corrected chi connectivity index (χ3v) is 4.61. The van der Waals surface area contributed by atoms with Gasteiger partial charge in [0.25, 0.3) is 0 Å². The summed E-state index contributed by atoms with van der Waals surface area (Å²) >= 11 is 0. The minimum atomic E-state index is -0.456. The minimum absolute atomic E-state index is 0.0758. The first-order chi connectivity index (χ1) is 9.87. The number of carbonyl (C=O) groups excluding carboxylic acids is 1. The molecule has 21 heavy (non-hydrogen) atoms. The van der Waals surface area contributed by atoms with E-state index in [1.165, 1.54) is 0 Å². The molecule has 0 spiro atoms. The summed E-state index contributed by atoms with van der Waals surface area (Å²) in [5.74, 6) is 2.50. The van der Waals surface area contributed by atoms with Gasteiger partial charge in [-0.15, -0.1) is 0 Å². The third-order valence-electron chi connectivity index (χ3n) is 4.61. The molecule has 0 radical (unpaired) electrons. The molecule has 2 atom stereocenters. The van der Waals surface area contributed by atoms with Gasteiger partial charge in [-0.25, -0.2) is 4.79 Å². The molecule has 0 N–H and O–H groups in total. The van der Waals surface area contributed by atoms with Crippen molar-refractivity contribution in [1.29, 1.82) is 0 Å². The average Bonchev–Trinajstić information content (AvgIpc) is 3.27. The molecular weight excluding hydrogens is 270 g/mol. The number of ether oxygens (including phenoxy) is 1. The largest absolute Gasteiger partial charge is 0.444 e. The van der Waals surface area contributed by atoms with E-state index in [4.69, 9.17) is 9.26 Å². The Balaban J connectivity index is 1.47. The molecule has 4 rings (SSSR count). The number of likely N-dealkylation sites (tertiary alicyclic amines) is 1. The second-order valence-corrected chi connectivity index (χ2v) is 7.65. The Kier molecular flexibility index (Phi) is 2.49. The van der Waals surface area contributed by atoms with Gasteiger partial charge in [-0.3, -0.25) is 0 Å². The maximum atomic E-state index is 12.2. The van der Waals surface area contributed by atoms with Crippen LogP contribution in [0.1, 0.15) is 57.7 Å². The van der Waals surface area contributed by atoms with Crippen LogP contribution in [0.5, 0.6) is 0 Å². The summed E-state index contributed by atoms with van der Waals surface area (Å²) in [6.07, 6.45) is 3.13. The van der Waals surface area contributed by atoms with E-state index < -0.39 is 5.60 Å². The van der Waals surface area contributed by atoms with Gasteiger partial charge in [-0.1, -0.05) is 5.16 Å². The Morgan fingerprint density at radius 3 is 2.86 bits per heavy atom. The normalized spacial score (nSPS) is 31.2. The summed E-state index contributed by atoms with van der Waals surface area (Å²) < 4.78 is 10.8. The van der Waals surface area contributed by atoms with Crippen molar-refractivity contribution in [3.05, 3.63) is 11.7 Å². The van der Waals surface area contributed by atoms with Crippen LogP contribution in [0, 0.1) is 5.92 Å². The van der Waals surface area contributed by atoms with Gasteiger partial charge >= 0.3 is 6.09 Å². The highest BCUT2D eigenvalue weighted by atomic mass is 16.6. The molecule has 114 valence electrons. The van der Waals surface area contributed by atoms with Crippen LogP contribution in [0.15, 0.2) is 4.52 Å². The molecule has 1 aromatic heterocycles. The molecule has 1 saturated heterocycles. The molecule has 1 aliphatic heterocycles. The molecule has 2 heterocycles. The number of nitrogens with zero attached hydrogens (tertiary/aromatic N) is 3. The lowest BCUT2D eigenvalue weighted by atomic mass is 10.1. The Morgan fingerprint density at radius 1 is 1.43 bits per heavy atom. The first-order valence-corrected chi connectivity index (χ1v) is 7.69. The van der Waals surface area contributed by atoms with Gasteiger partial charge in [-0.05, 0) is 46.0 Å². The van der Waals surface area contributed by atoms with Crippen LogP contribution < -0.4 is 0 Å². The number of hydrogen-bond acceptors (Lipinski definition) is 5. The predicted molar refractivity (Wildman–Crippen MR) is 73.9 cm³/mol. The van der Waals surface area contributed by atoms with E-state index in [2.05, 4.69) is 10.1 Å². The molecule has 1 amide bonds. The van der Waals surface area contributed by atoms with Crippen LogP contribution in [0.3, 0.4) is 0 Å². The minimum Gasteiger partial charge on any atom is -0.444 e. The van der Waals surface area contributed by atoms with Crippen molar-refractivity contribution in [2.24, 2.45) is 5.92 Å². The van der Waals surface area contributed by atoms with Crippen molar-refractivity contribution in [2.45, 2.75) is 57.0 Å². The maximum Gasteiger partial charge on any atom is 0.410 e. The van der Waals surface area contributed by atoms with Gasteiger partial charge < -0.3 is 14.2 Å². The predicted octanol–water partition coefficient (Wildman–Crippen LogP) is 2.46. The molecule has 2 saturated carbocycles. The summed E-state index contributed by atoms with van der Waals surface area (Å²) in [6.45, 7) is 7.05. The standard InChI is InChI=1S/C15H21N3O3/c1-14(2,3)20-13(19)18-7-10-6-15(10,8-18)12-16-11(21-17-12)9-4-5-9/h9-10H,4-8H2,1-3H3. The lowest BCUT2D eigenvalue weighted by Crippen LogP contribution is -2.37. The summed E-state index contributed by atoms with van der Waals surface area (Å²) in [4.78, 5) is 18.5. The fourth-order valence-corrected chi connectivity index (χ4v) is 3.23. The molecule has 3 aliphatic rings. The van der Waals surface area contributed by atoms with Gasteiger partial charge in [0.2, 0.25) is 5.89 Å². The first-order valence-electron chi connectivity index (χ1n) is 7.69. The fraction of sp³-hybridized carbons (Fsp3) is 0.800. The van der Waals surface area contributed by atoms with E-state index in [0.717, 1.165) is 37.5 Å². The molecule has 0 aromatic carbocycles. The highest BCUT2D eigenvalue weighted by Crippen LogP contribution is 2.58. The zero-order chi connectivity index (χ0) is 14.8. The van der Waals surface area contributed by atoms with E-state index in [0.29, 0.717) is 18.4 Å². The van der Waals surface area contributed by atoms with Crippen LogP contribution in [-0.2, 0) is 10.2 Å². The highest BCUT2D eigenvalue weighted by molar-refractivity contribution is 5.69. The number of amides is 1. The molecule has 2 aliphatic carbocycles. The van der Waals surface area contributed by atoms with Crippen LogP contribution >= 0.6 is 0 Å². The Hall–Kier alpha value is -1.59. The maximum absolute atomic E-state index is 12.2. The van der Waals surface area contributed by atoms with Gasteiger partial charge in [0.1, 0.15) is 5.60 Å². The Bertz CT molecular complexity index is 587. The quantitative estimate of drug-likeness (QED) is 0.837. The summed E-state index contributed by atoms with van der Waals surface area (Å²) in [5, 5.41) is 4.18. The van der Waals surface area contributed by atoms with Crippen molar-refractivity contribution in [1.82, 2.24) is 15.0 Å². The van der Waals surface area contributed by atoms with E-state index in [9.17, 15) is 4.79 Å². The van der Waals surface area contributed by atoms with Crippen LogP contribution in [0.25, 0.3) is 0 Å². The second-order valence-electron chi connectivity index (χ2n) is 7.65. The van der Waals surface area contributed by atoms with Gasteiger partial charge in [0, 0.05) is 19.0 Å². The number of rotatable bonds is 2. The van der Waals surface area contributed by atoms with Crippen molar-refractivity contribution >= 4 is 6.09 Å². The number of aromatic nitrogens is 2. The van der Waals surface area contributed by atoms with E-state index >= 15 is 0 Å². The van der Waals surface area contributed by atoms with Crippen molar-refractivity contribution in [2.75, 3.05) is 13.1 Å². The molecule has 0 bridgehead atoms. The SMILES string of the molecule is CC(C)(C)OC(=O)N1CC2CC2(c2noc(C3CC3)n2)C1. The molecule has 3 fully saturated rings. The van der Waals surface area contributed by atoms with E-state index in [1.54, 1.807) is 4.90 Å². The monoisotopic (exact) mass is 291 g/mol. The van der Waals surface area contributed by atoms with Crippen LogP contribution in [0.4, 0.5) is 4.79 Å². The number of hydrogen-bond donors (Lipinski definition) is 0. The molecule has 6 heteroatoms. The first kappa shape index (κ1) is 13.1. The van der Waals surface area contributed by atoms with E-state index in [1.807, 2.05) is 20.8 Å². The van der Waals surface area contributed by atoms with Crippen molar-refractivity contribution in [3.63, 3.8) is 0 Å². The molecule has 2 unspecified atom stereocenters. The molecule has 1 aromatic rings. The fourth-order valence-electron chi connectivity index (χ4n) is 3.23. The van der Waals surface area contributed by atoms with Crippen molar-refractivity contribution < 1.29 is 14.1 Å². The van der Waals surface area contributed by atoms with Gasteiger partial charge in [0.05, 0.1) is 5.41 Å². The topological polar surface area (TPSA) is 68.5 Å². The Labute approximate surface area is 123 Å². The zero-order valence-electron chi connectivity index (χ0n) is 12.8. The lowest BCUT2D eigenvalue weighted by molar-refractivity contribution is 0.0269. The summed E-state index contributed by atoms with van der Waals surface area (Å²) in [6, 6.07) is 0. The number of fused-ring (bicyclic) bond motifs is 1. The number of carbonyl (C=O) groups is 1. The average molecular weight is 291 g/mol. The van der Waals surface area contributed by atoms with Crippen molar-refractivity contribution in [3.8, 4) is 0 Å². The van der Waals surface area contributed by atoms with Gasteiger partial charge in [-0.2, -0.15) is 4.98 Å². The van der Waals surface area contributed by atoms with E-state index in [-0.39, 0.29) is 11.5 Å². The lowest BCUT2D eigenvalue weighted by Gasteiger charge is -2.25. The zero-order valence-corrected chi connectivity index (χ0v) is 12.8. The van der Waals surface area contributed by atoms with Gasteiger partial charge in [0.15, 0.2) is 5.82 Å². The molecular formula is C15H21N3O3. The smallest absolute Gasteiger partial charge is 0.410 e. The summed E-state index contributed by atoms with van der Waals surface area (Å²) in [5.41, 5.74) is -0.532. The Morgan fingerprint density at radius 2 is 2.19 bits per heavy atom. The third kappa shape index (κ3) is 2.21. The van der Waals surface area contributed by atoms with Crippen LogP contribution in [0.2, 0.25) is 0 Å².